The van der Waals surface area contributed by atoms with E-state index in [1.54, 1.807) is 0 Å². The van der Waals surface area contributed by atoms with Crippen molar-refractivity contribution in [2.45, 2.75) is 39.2 Å². The average molecular weight is 261 g/mol. The van der Waals surface area contributed by atoms with Crippen molar-refractivity contribution in [1.29, 1.82) is 0 Å². The monoisotopic (exact) mass is 261 g/mol. The zero-order valence-corrected chi connectivity index (χ0v) is 11.9. The Labute approximate surface area is 110 Å². The molecule has 0 aromatic rings. The standard InChI is InChI=1S/C13H27NO4/c1-4-6-8-17-10-11-18-9-7-12(14-5-2)13(15)16-3/h12,14H,4-11H2,1-3H3. The van der Waals surface area contributed by atoms with Crippen molar-refractivity contribution < 1.29 is 19.0 Å². The molecule has 1 unspecified atom stereocenters. The van der Waals surface area contributed by atoms with Gasteiger partial charge in [0.2, 0.25) is 0 Å². The van der Waals surface area contributed by atoms with E-state index in [-0.39, 0.29) is 12.0 Å². The van der Waals surface area contributed by atoms with Crippen LogP contribution in [0, 0.1) is 0 Å². The lowest BCUT2D eigenvalue weighted by atomic mass is 10.2. The van der Waals surface area contributed by atoms with Crippen LogP contribution in [0.25, 0.3) is 0 Å². The quantitative estimate of drug-likeness (QED) is 0.424. The summed E-state index contributed by atoms with van der Waals surface area (Å²) in [4.78, 5) is 11.4. The lowest BCUT2D eigenvalue weighted by Crippen LogP contribution is -2.38. The van der Waals surface area contributed by atoms with Gasteiger partial charge in [-0.3, -0.25) is 4.79 Å². The highest BCUT2D eigenvalue weighted by molar-refractivity contribution is 5.75. The molecule has 0 aliphatic heterocycles. The Bertz CT molecular complexity index is 199. The van der Waals surface area contributed by atoms with E-state index in [1.165, 1.54) is 7.11 Å². The van der Waals surface area contributed by atoms with Gasteiger partial charge >= 0.3 is 5.97 Å². The topological polar surface area (TPSA) is 56.8 Å². The van der Waals surface area contributed by atoms with E-state index >= 15 is 0 Å². The van der Waals surface area contributed by atoms with Crippen LogP contribution in [0.3, 0.4) is 0 Å². The Morgan fingerprint density at radius 3 is 2.33 bits per heavy atom. The largest absolute Gasteiger partial charge is 0.468 e. The van der Waals surface area contributed by atoms with Crippen LogP contribution < -0.4 is 5.32 Å². The second-order valence-electron chi connectivity index (χ2n) is 4.00. The highest BCUT2D eigenvalue weighted by atomic mass is 16.5. The highest BCUT2D eigenvalue weighted by Gasteiger charge is 2.16. The minimum Gasteiger partial charge on any atom is -0.468 e. The third kappa shape index (κ3) is 9.39. The number of ether oxygens (including phenoxy) is 3. The Morgan fingerprint density at radius 2 is 1.78 bits per heavy atom. The molecular formula is C13H27NO4. The van der Waals surface area contributed by atoms with Gasteiger partial charge in [0.15, 0.2) is 0 Å². The number of carbonyl (C=O) groups is 1. The fourth-order valence-electron chi connectivity index (χ4n) is 1.46. The van der Waals surface area contributed by atoms with Crippen molar-refractivity contribution in [3.8, 4) is 0 Å². The Kier molecular flexibility index (Phi) is 12.3. The number of hydrogen-bond acceptors (Lipinski definition) is 5. The summed E-state index contributed by atoms with van der Waals surface area (Å²) in [6.07, 6.45) is 2.85. The van der Waals surface area contributed by atoms with Crippen molar-refractivity contribution in [2.24, 2.45) is 0 Å². The van der Waals surface area contributed by atoms with Gasteiger partial charge in [0, 0.05) is 13.2 Å². The molecule has 0 amide bonds. The van der Waals surface area contributed by atoms with E-state index in [2.05, 4.69) is 12.2 Å². The molecule has 0 aliphatic rings. The molecule has 0 spiro atoms. The number of esters is 1. The van der Waals surface area contributed by atoms with Gasteiger partial charge in [-0.25, -0.2) is 0 Å². The maximum atomic E-state index is 11.4. The first-order chi connectivity index (χ1) is 8.76. The van der Waals surface area contributed by atoms with E-state index in [0.29, 0.717) is 26.2 Å². The number of nitrogens with one attached hydrogen (secondary N) is 1. The maximum Gasteiger partial charge on any atom is 0.322 e. The van der Waals surface area contributed by atoms with Crippen molar-refractivity contribution in [2.75, 3.05) is 40.1 Å². The molecule has 0 aliphatic carbocycles. The predicted octanol–water partition coefficient (Wildman–Crippen LogP) is 1.36. The summed E-state index contributed by atoms with van der Waals surface area (Å²) >= 11 is 0. The molecule has 0 aromatic carbocycles. The molecule has 5 heteroatoms. The average Bonchev–Trinajstić information content (AvgIpc) is 2.39. The number of methoxy groups -OCH3 is 1. The van der Waals surface area contributed by atoms with Crippen LogP contribution in [-0.4, -0.2) is 52.1 Å². The molecule has 0 aromatic heterocycles. The van der Waals surface area contributed by atoms with Gasteiger partial charge in [-0.1, -0.05) is 20.3 Å². The Morgan fingerprint density at radius 1 is 1.11 bits per heavy atom. The first kappa shape index (κ1) is 17.4. The fourth-order valence-corrected chi connectivity index (χ4v) is 1.46. The predicted molar refractivity (Wildman–Crippen MR) is 70.6 cm³/mol. The summed E-state index contributed by atoms with van der Waals surface area (Å²) in [6.45, 7) is 7.34. The molecule has 0 saturated heterocycles. The van der Waals surface area contributed by atoms with Gasteiger partial charge in [-0.2, -0.15) is 0 Å². The van der Waals surface area contributed by atoms with Crippen LogP contribution in [-0.2, 0) is 19.0 Å². The molecule has 0 fully saturated rings. The summed E-state index contributed by atoms with van der Waals surface area (Å²) in [5.41, 5.74) is 0. The molecule has 1 N–H and O–H groups in total. The zero-order valence-electron chi connectivity index (χ0n) is 11.9. The van der Waals surface area contributed by atoms with Gasteiger partial charge in [0.1, 0.15) is 6.04 Å². The van der Waals surface area contributed by atoms with Gasteiger partial charge in [-0.05, 0) is 19.4 Å². The molecule has 5 nitrogen and oxygen atoms in total. The van der Waals surface area contributed by atoms with Crippen LogP contribution in [0.1, 0.15) is 33.1 Å². The van der Waals surface area contributed by atoms with E-state index in [0.717, 1.165) is 26.0 Å². The van der Waals surface area contributed by atoms with Gasteiger partial charge < -0.3 is 19.5 Å². The third-order valence-electron chi connectivity index (χ3n) is 2.50. The van der Waals surface area contributed by atoms with E-state index in [1.807, 2.05) is 6.92 Å². The Balaban J connectivity index is 3.46. The number of likely N-dealkylation sites (N-methyl/N-ethyl adjacent to an activating group) is 1. The van der Waals surface area contributed by atoms with Crippen LogP contribution in [0.15, 0.2) is 0 Å². The van der Waals surface area contributed by atoms with Crippen molar-refractivity contribution in [3.05, 3.63) is 0 Å². The van der Waals surface area contributed by atoms with Crippen molar-refractivity contribution >= 4 is 5.97 Å². The molecule has 0 rings (SSSR count). The van der Waals surface area contributed by atoms with E-state index in [4.69, 9.17) is 14.2 Å². The first-order valence-electron chi connectivity index (χ1n) is 6.72. The normalized spacial score (nSPS) is 12.4. The molecule has 0 saturated carbocycles. The summed E-state index contributed by atoms with van der Waals surface area (Å²) in [5.74, 6) is -0.236. The number of carbonyl (C=O) groups excluding carboxylic acids is 1. The second kappa shape index (κ2) is 12.8. The van der Waals surface area contributed by atoms with Crippen LogP contribution >= 0.6 is 0 Å². The summed E-state index contributed by atoms with van der Waals surface area (Å²) in [5, 5.41) is 3.07. The molecule has 18 heavy (non-hydrogen) atoms. The van der Waals surface area contributed by atoms with Crippen LogP contribution in [0.5, 0.6) is 0 Å². The molecule has 0 bridgehead atoms. The van der Waals surface area contributed by atoms with Crippen molar-refractivity contribution in [3.63, 3.8) is 0 Å². The maximum absolute atomic E-state index is 11.4. The second-order valence-corrected chi connectivity index (χ2v) is 4.00. The van der Waals surface area contributed by atoms with E-state index < -0.39 is 0 Å². The van der Waals surface area contributed by atoms with Gasteiger partial charge in [0.25, 0.3) is 0 Å². The molecule has 1 atom stereocenters. The molecule has 0 radical (unpaired) electrons. The third-order valence-corrected chi connectivity index (χ3v) is 2.50. The minimum absolute atomic E-state index is 0.236. The molecular weight excluding hydrogens is 234 g/mol. The van der Waals surface area contributed by atoms with Crippen molar-refractivity contribution in [1.82, 2.24) is 5.32 Å². The van der Waals surface area contributed by atoms with E-state index in [9.17, 15) is 4.79 Å². The fraction of sp³-hybridized carbons (Fsp3) is 0.923. The highest BCUT2D eigenvalue weighted by Crippen LogP contribution is 1.96. The lowest BCUT2D eigenvalue weighted by molar-refractivity contribution is -0.143. The Hall–Kier alpha value is -0.650. The minimum atomic E-state index is -0.277. The number of hydrogen-bond donors (Lipinski definition) is 1. The number of rotatable bonds is 12. The molecule has 0 heterocycles. The van der Waals surface area contributed by atoms with Gasteiger partial charge in [-0.15, -0.1) is 0 Å². The smallest absolute Gasteiger partial charge is 0.322 e. The summed E-state index contributed by atoms with van der Waals surface area (Å²) in [7, 11) is 1.40. The zero-order chi connectivity index (χ0) is 13.6. The SMILES string of the molecule is CCCCOCCOCCC(NCC)C(=O)OC. The summed E-state index contributed by atoms with van der Waals surface area (Å²) < 4.78 is 15.5. The summed E-state index contributed by atoms with van der Waals surface area (Å²) in [6, 6.07) is -0.277. The first-order valence-corrected chi connectivity index (χ1v) is 6.72. The number of unbranched alkanes of at least 4 members (excludes halogenated alkanes) is 1. The van der Waals surface area contributed by atoms with Gasteiger partial charge in [0.05, 0.1) is 20.3 Å². The molecule has 108 valence electrons. The lowest BCUT2D eigenvalue weighted by Gasteiger charge is -2.15. The van der Waals surface area contributed by atoms with Crippen LogP contribution in [0.2, 0.25) is 0 Å². The van der Waals surface area contributed by atoms with Crippen LogP contribution in [0.4, 0.5) is 0 Å².